The zero-order valence-corrected chi connectivity index (χ0v) is 10.4. The van der Waals surface area contributed by atoms with Gasteiger partial charge in [-0.15, -0.1) is 0 Å². The number of nitrogens with zero attached hydrogens (tertiary/aromatic N) is 1. The Morgan fingerprint density at radius 2 is 1.88 bits per heavy atom. The van der Waals surface area contributed by atoms with E-state index in [1.165, 1.54) is 11.1 Å². The summed E-state index contributed by atoms with van der Waals surface area (Å²) in [5.41, 5.74) is 2.54. The number of morpholine rings is 1. The predicted molar refractivity (Wildman–Crippen MR) is 68.0 cm³/mol. The second kappa shape index (κ2) is 6.15. The van der Waals surface area contributed by atoms with E-state index in [9.17, 15) is 5.11 Å². The first kappa shape index (κ1) is 12.6. The largest absolute Gasteiger partial charge is 0.394 e. The molecule has 1 aliphatic heterocycles. The maximum Gasteiger partial charge on any atom is 0.0628 e. The zero-order valence-electron chi connectivity index (χ0n) is 10.4. The molecule has 1 heterocycles. The van der Waals surface area contributed by atoms with Gasteiger partial charge in [-0.3, -0.25) is 4.90 Å². The van der Waals surface area contributed by atoms with Crippen LogP contribution in [-0.4, -0.2) is 42.9 Å². The Labute approximate surface area is 103 Å². The van der Waals surface area contributed by atoms with Crippen molar-refractivity contribution in [2.45, 2.75) is 19.4 Å². The van der Waals surface area contributed by atoms with Crippen molar-refractivity contribution in [1.82, 2.24) is 4.90 Å². The van der Waals surface area contributed by atoms with Gasteiger partial charge in [0.2, 0.25) is 0 Å². The van der Waals surface area contributed by atoms with Crippen LogP contribution >= 0.6 is 0 Å². The topological polar surface area (TPSA) is 32.7 Å². The first-order valence-corrected chi connectivity index (χ1v) is 6.36. The standard InChI is InChI=1S/C14H21NO2/c1-2-12-3-5-13(6-4-12)14(11-16)15-7-9-17-10-8-15/h3-6,14,16H,2,7-11H2,1H3. The molecule has 3 nitrogen and oxygen atoms in total. The number of aryl methyl sites for hydroxylation is 1. The molecule has 94 valence electrons. The number of ether oxygens (including phenoxy) is 1. The van der Waals surface area contributed by atoms with Gasteiger partial charge in [-0.05, 0) is 17.5 Å². The molecule has 0 saturated carbocycles. The summed E-state index contributed by atoms with van der Waals surface area (Å²) < 4.78 is 5.34. The highest BCUT2D eigenvalue weighted by Gasteiger charge is 2.21. The Balaban J connectivity index is 2.10. The lowest BCUT2D eigenvalue weighted by molar-refractivity contribution is 0.00259. The van der Waals surface area contributed by atoms with Crippen molar-refractivity contribution >= 4 is 0 Å². The fraction of sp³-hybridized carbons (Fsp3) is 0.571. The van der Waals surface area contributed by atoms with E-state index in [1.807, 2.05) is 0 Å². The van der Waals surface area contributed by atoms with Crippen LogP contribution in [0.2, 0.25) is 0 Å². The molecule has 1 N–H and O–H groups in total. The Bertz CT molecular complexity index is 331. The second-order valence-corrected chi connectivity index (χ2v) is 4.44. The molecule has 1 aromatic carbocycles. The van der Waals surface area contributed by atoms with Gasteiger partial charge in [0.25, 0.3) is 0 Å². The van der Waals surface area contributed by atoms with Gasteiger partial charge in [-0.2, -0.15) is 0 Å². The van der Waals surface area contributed by atoms with Crippen molar-refractivity contribution in [2.75, 3.05) is 32.9 Å². The fourth-order valence-corrected chi connectivity index (χ4v) is 2.30. The first-order chi connectivity index (χ1) is 8.35. The van der Waals surface area contributed by atoms with E-state index in [0.29, 0.717) is 0 Å². The zero-order chi connectivity index (χ0) is 12.1. The van der Waals surface area contributed by atoms with Gasteiger partial charge in [0, 0.05) is 13.1 Å². The molecular weight excluding hydrogens is 214 g/mol. The molecule has 3 heteroatoms. The van der Waals surface area contributed by atoms with Crippen molar-refractivity contribution in [1.29, 1.82) is 0 Å². The lowest BCUT2D eigenvalue weighted by atomic mass is 10.0. The predicted octanol–water partition coefficient (Wildman–Crippen LogP) is 1.61. The molecule has 1 unspecified atom stereocenters. The molecule has 1 aromatic rings. The fourth-order valence-electron chi connectivity index (χ4n) is 2.30. The summed E-state index contributed by atoms with van der Waals surface area (Å²) in [5.74, 6) is 0. The molecule has 0 spiro atoms. The molecule has 17 heavy (non-hydrogen) atoms. The van der Waals surface area contributed by atoms with Crippen molar-refractivity contribution < 1.29 is 9.84 Å². The van der Waals surface area contributed by atoms with Crippen LogP contribution in [0.3, 0.4) is 0 Å². The number of hydrogen-bond acceptors (Lipinski definition) is 3. The van der Waals surface area contributed by atoms with Crippen molar-refractivity contribution in [3.8, 4) is 0 Å². The van der Waals surface area contributed by atoms with Gasteiger partial charge in [0.05, 0.1) is 25.9 Å². The van der Waals surface area contributed by atoms with Crippen LogP contribution in [0.4, 0.5) is 0 Å². The average molecular weight is 235 g/mol. The minimum Gasteiger partial charge on any atom is -0.394 e. The maximum absolute atomic E-state index is 9.58. The monoisotopic (exact) mass is 235 g/mol. The molecule has 1 atom stereocenters. The highest BCUT2D eigenvalue weighted by atomic mass is 16.5. The lowest BCUT2D eigenvalue weighted by Crippen LogP contribution is -2.40. The Morgan fingerprint density at radius 1 is 1.24 bits per heavy atom. The highest BCUT2D eigenvalue weighted by Crippen LogP contribution is 2.21. The first-order valence-electron chi connectivity index (χ1n) is 6.36. The maximum atomic E-state index is 9.58. The van der Waals surface area contributed by atoms with Crippen LogP contribution in [0.1, 0.15) is 24.1 Å². The minimum absolute atomic E-state index is 0.116. The smallest absolute Gasteiger partial charge is 0.0628 e. The van der Waals surface area contributed by atoms with E-state index in [2.05, 4.69) is 36.1 Å². The average Bonchev–Trinajstić information content (AvgIpc) is 2.42. The normalized spacial score (nSPS) is 19.2. The highest BCUT2D eigenvalue weighted by molar-refractivity contribution is 5.25. The molecule has 2 rings (SSSR count). The molecular formula is C14H21NO2. The van der Waals surface area contributed by atoms with Crippen LogP contribution in [0.15, 0.2) is 24.3 Å². The third kappa shape index (κ3) is 3.06. The summed E-state index contributed by atoms with van der Waals surface area (Å²) in [4.78, 5) is 2.30. The van der Waals surface area contributed by atoms with Gasteiger partial charge < -0.3 is 9.84 Å². The molecule has 0 aliphatic carbocycles. The van der Waals surface area contributed by atoms with Crippen LogP contribution in [0, 0.1) is 0 Å². The molecule has 1 fully saturated rings. The van der Waals surface area contributed by atoms with Crippen molar-refractivity contribution in [3.05, 3.63) is 35.4 Å². The van der Waals surface area contributed by atoms with E-state index in [0.717, 1.165) is 32.7 Å². The van der Waals surface area contributed by atoms with E-state index >= 15 is 0 Å². The van der Waals surface area contributed by atoms with E-state index < -0.39 is 0 Å². The number of rotatable bonds is 4. The number of aliphatic hydroxyl groups excluding tert-OH is 1. The molecule has 0 amide bonds. The summed E-state index contributed by atoms with van der Waals surface area (Å²) >= 11 is 0. The summed E-state index contributed by atoms with van der Waals surface area (Å²) in [6.07, 6.45) is 1.06. The van der Waals surface area contributed by atoms with E-state index in [1.54, 1.807) is 0 Å². The number of hydrogen-bond donors (Lipinski definition) is 1. The van der Waals surface area contributed by atoms with E-state index in [-0.39, 0.29) is 12.6 Å². The van der Waals surface area contributed by atoms with Gasteiger partial charge in [-0.1, -0.05) is 31.2 Å². The van der Waals surface area contributed by atoms with Gasteiger partial charge >= 0.3 is 0 Å². The van der Waals surface area contributed by atoms with Crippen molar-refractivity contribution in [2.24, 2.45) is 0 Å². The second-order valence-electron chi connectivity index (χ2n) is 4.44. The number of aliphatic hydroxyl groups is 1. The molecule has 0 bridgehead atoms. The Morgan fingerprint density at radius 3 is 2.41 bits per heavy atom. The SMILES string of the molecule is CCc1ccc(C(CO)N2CCOCC2)cc1. The lowest BCUT2D eigenvalue weighted by Gasteiger charge is -2.33. The van der Waals surface area contributed by atoms with Gasteiger partial charge in [0.1, 0.15) is 0 Å². The van der Waals surface area contributed by atoms with Crippen molar-refractivity contribution in [3.63, 3.8) is 0 Å². The third-order valence-corrected chi connectivity index (χ3v) is 3.43. The summed E-state index contributed by atoms with van der Waals surface area (Å²) in [5, 5.41) is 9.58. The summed E-state index contributed by atoms with van der Waals surface area (Å²) in [6.45, 7) is 5.67. The van der Waals surface area contributed by atoms with Gasteiger partial charge in [-0.25, -0.2) is 0 Å². The molecule has 0 radical (unpaired) electrons. The molecule has 1 saturated heterocycles. The summed E-state index contributed by atoms with van der Waals surface area (Å²) in [6, 6.07) is 8.69. The Kier molecular flexibility index (Phi) is 4.54. The third-order valence-electron chi connectivity index (χ3n) is 3.43. The van der Waals surface area contributed by atoms with Crippen LogP contribution in [0.5, 0.6) is 0 Å². The minimum atomic E-state index is 0.116. The van der Waals surface area contributed by atoms with Crippen LogP contribution < -0.4 is 0 Å². The molecule has 1 aliphatic rings. The van der Waals surface area contributed by atoms with Crippen LogP contribution in [0.25, 0.3) is 0 Å². The van der Waals surface area contributed by atoms with E-state index in [4.69, 9.17) is 4.74 Å². The van der Waals surface area contributed by atoms with Gasteiger partial charge in [0.15, 0.2) is 0 Å². The summed E-state index contributed by atoms with van der Waals surface area (Å²) in [7, 11) is 0. The quantitative estimate of drug-likeness (QED) is 0.860. The number of benzene rings is 1. The Hall–Kier alpha value is -0.900. The van der Waals surface area contributed by atoms with Crippen LogP contribution in [-0.2, 0) is 11.2 Å². The molecule has 0 aromatic heterocycles.